The molecule has 0 radical (unpaired) electrons. The van der Waals surface area contributed by atoms with E-state index < -0.39 is 11.9 Å². The van der Waals surface area contributed by atoms with E-state index in [9.17, 15) is 9.59 Å². The van der Waals surface area contributed by atoms with Gasteiger partial charge in [-0.15, -0.1) is 0 Å². The van der Waals surface area contributed by atoms with Crippen molar-refractivity contribution in [2.24, 2.45) is 0 Å². The molecule has 0 saturated carbocycles. The Morgan fingerprint density at radius 3 is 2.21 bits per heavy atom. The molecule has 1 amide bonds. The highest BCUT2D eigenvalue weighted by Gasteiger charge is 2.18. The predicted octanol–water partition coefficient (Wildman–Crippen LogP) is 5.28. The minimum Gasteiger partial charge on any atom is -0.376 e. The molecule has 1 N–H and O–H groups in total. The number of carbonyl (C=O) groups excluding carboxylic acids is 2. The fourth-order valence-corrected chi connectivity index (χ4v) is 3.41. The molecule has 0 saturated heterocycles. The number of rotatable bonds is 9. The van der Waals surface area contributed by atoms with Crippen LogP contribution in [0.25, 0.3) is 0 Å². The molecule has 1 unspecified atom stereocenters. The number of hydrogen-bond acceptors (Lipinski definition) is 3. The second-order valence-electron chi connectivity index (χ2n) is 7.90. The Kier molecular flexibility index (Phi) is 8.69. The molecular formula is C23H27Cl2NO3. The summed E-state index contributed by atoms with van der Waals surface area (Å²) >= 11 is 12.1. The zero-order valence-corrected chi connectivity index (χ0v) is 18.5. The van der Waals surface area contributed by atoms with Gasteiger partial charge in [0, 0.05) is 6.61 Å². The first kappa shape index (κ1) is 23.4. The molecule has 0 bridgehead atoms. The van der Waals surface area contributed by atoms with Gasteiger partial charge in [-0.2, -0.15) is 0 Å². The third-order valence-electron chi connectivity index (χ3n) is 4.29. The fourth-order valence-electron chi connectivity index (χ4n) is 2.84. The van der Waals surface area contributed by atoms with Gasteiger partial charge in [-0.25, -0.2) is 0 Å². The minimum atomic E-state index is -0.666. The average molecular weight is 436 g/mol. The lowest BCUT2D eigenvalue weighted by Crippen LogP contribution is -2.37. The number of hydrogen-bond donors (Lipinski definition) is 1. The Balaban J connectivity index is 1.90. The van der Waals surface area contributed by atoms with Gasteiger partial charge in [0.2, 0.25) is 0 Å². The molecule has 29 heavy (non-hydrogen) atoms. The largest absolute Gasteiger partial charge is 0.376 e. The Bertz CT molecular complexity index is 809. The van der Waals surface area contributed by atoms with Gasteiger partial charge in [0.15, 0.2) is 0 Å². The van der Waals surface area contributed by atoms with Crippen LogP contribution in [0.4, 0.5) is 0 Å². The third-order valence-corrected chi connectivity index (χ3v) is 4.92. The first-order chi connectivity index (χ1) is 13.7. The fraction of sp³-hybridized carbons (Fsp3) is 0.391. The van der Waals surface area contributed by atoms with Gasteiger partial charge in [0.05, 0.1) is 27.3 Å². The van der Waals surface area contributed by atoms with Gasteiger partial charge < -0.3 is 14.8 Å². The maximum atomic E-state index is 12.5. The average Bonchev–Trinajstić information content (AvgIpc) is 2.65. The van der Waals surface area contributed by atoms with Gasteiger partial charge in [-0.1, -0.05) is 53.5 Å². The van der Waals surface area contributed by atoms with Crippen molar-refractivity contribution in [1.29, 1.82) is 0 Å². The lowest BCUT2D eigenvalue weighted by atomic mass is 10.0. The Morgan fingerprint density at radius 2 is 1.66 bits per heavy atom. The number of benzene rings is 2. The smallest absolute Gasteiger partial charge is 0.254 e. The summed E-state index contributed by atoms with van der Waals surface area (Å²) < 4.78 is 5.73. The van der Waals surface area contributed by atoms with E-state index in [1.807, 2.05) is 45.0 Å². The van der Waals surface area contributed by atoms with Gasteiger partial charge in [0.1, 0.15) is 6.29 Å². The maximum Gasteiger partial charge on any atom is 0.254 e. The summed E-state index contributed by atoms with van der Waals surface area (Å²) in [5.74, 6) is -0.465. The Hall–Kier alpha value is -1.88. The quantitative estimate of drug-likeness (QED) is 0.430. The van der Waals surface area contributed by atoms with Crippen LogP contribution in [0.5, 0.6) is 0 Å². The molecule has 6 heteroatoms. The molecule has 0 spiro atoms. The van der Waals surface area contributed by atoms with Crippen molar-refractivity contribution < 1.29 is 14.3 Å². The molecule has 1 atom stereocenters. The SMILES string of the molecule is CC(C)(C)OCCCc1ccc(CC(C=O)NC(=O)c2c(Cl)cccc2Cl)cc1. The van der Waals surface area contributed by atoms with Crippen molar-refractivity contribution in [3.63, 3.8) is 0 Å². The van der Waals surface area contributed by atoms with E-state index in [1.54, 1.807) is 18.2 Å². The normalized spacial score (nSPS) is 12.4. The van der Waals surface area contributed by atoms with E-state index in [4.69, 9.17) is 27.9 Å². The molecular weight excluding hydrogens is 409 g/mol. The molecule has 0 heterocycles. The van der Waals surface area contributed by atoms with Crippen LogP contribution in [-0.2, 0) is 22.4 Å². The van der Waals surface area contributed by atoms with Gasteiger partial charge in [-0.05, 0) is 63.3 Å². The lowest BCUT2D eigenvalue weighted by Gasteiger charge is -2.19. The van der Waals surface area contributed by atoms with Crippen LogP contribution >= 0.6 is 23.2 Å². The second-order valence-corrected chi connectivity index (χ2v) is 8.71. The van der Waals surface area contributed by atoms with E-state index in [2.05, 4.69) is 5.32 Å². The van der Waals surface area contributed by atoms with Gasteiger partial charge >= 0.3 is 0 Å². The van der Waals surface area contributed by atoms with Crippen LogP contribution in [0.15, 0.2) is 42.5 Å². The van der Waals surface area contributed by atoms with Crippen molar-refractivity contribution >= 4 is 35.4 Å². The molecule has 2 aromatic rings. The van der Waals surface area contributed by atoms with Crippen LogP contribution in [0, 0.1) is 0 Å². The summed E-state index contributed by atoms with van der Waals surface area (Å²) in [6.07, 6.45) is 2.99. The molecule has 0 aliphatic heterocycles. The van der Waals surface area contributed by atoms with E-state index >= 15 is 0 Å². The molecule has 4 nitrogen and oxygen atoms in total. The summed E-state index contributed by atoms with van der Waals surface area (Å²) in [5, 5.41) is 3.19. The number of carbonyl (C=O) groups is 2. The van der Waals surface area contributed by atoms with E-state index in [0.29, 0.717) is 6.42 Å². The predicted molar refractivity (Wildman–Crippen MR) is 118 cm³/mol. The zero-order chi connectivity index (χ0) is 21.4. The first-order valence-electron chi connectivity index (χ1n) is 9.61. The standard InChI is InChI=1S/C23H27Cl2NO3/c1-23(2,3)29-13-5-6-16-9-11-17(12-10-16)14-18(15-27)26-22(28)21-19(24)7-4-8-20(21)25/h4,7-12,15,18H,5-6,13-14H2,1-3H3,(H,26,28). The maximum absolute atomic E-state index is 12.5. The van der Waals surface area contributed by atoms with E-state index in [1.165, 1.54) is 5.56 Å². The number of aldehydes is 1. The second kappa shape index (κ2) is 10.8. The molecule has 0 fully saturated rings. The summed E-state index contributed by atoms with van der Waals surface area (Å²) in [4.78, 5) is 23.9. The number of nitrogens with one attached hydrogen (secondary N) is 1. The van der Waals surface area contributed by atoms with Gasteiger partial charge in [0.25, 0.3) is 5.91 Å². The lowest BCUT2D eigenvalue weighted by molar-refractivity contribution is -0.109. The Morgan fingerprint density at radius 1 is 1.07 bits per heavy atom. The molecule has 0 aliphatic carbocycles. The van der Waals surface area contributed by atoms with Crippen molar-refractivity contribution in [2.45, 2.75) is 51.7 Å². The summed E-state index contributed by atoms with van der Waals surface area (Å²) in [5.41, 5.74) is 2.23. The van der Waals surface area contributed by atoms with Gasteiger partial charge in [-0.3, -0.25) is 4.79 Å². The van der Waals surface area contributed by atoms with Crippen LogP contribution in [0.3, 0.4) is 0 Å². The monoisotopic (exact) mass is 435 g/mol. The van der Waals surface area contributed by atoms with Crippen LogP contribution in [0.2, 0.25) is 10.0 Å². The number of ether oxygens (including phenoxy) is 1. The topological polar surface area (TPSA) is 55.4 Å². The minimum absolute atomic E-state index is 0.119. The first-order valence-corrected chi connectivity index (χ1v) is 10.4. The van der Waals surface area contributed by atoms with E-state index in [0.717, 1.165) is 31.3 Å². The highest BCUT2D eigenvalue weighted by Crippen LogP contribution is 2.24. The highest BCUT2D eigenvalue weighted by molar-refractivity contribution is 6.39. The van der Waals surface area contributed by atoms with Crippen molar-refractivity contribution in [2.75, 3.05) is 6.61 Å². The molecule has 2 aromatic carbocycles. The number of halogens is 2. The highest BCUT2D eigenvalue weighted by atomic mass is 35.5. The van der Waals surface area contributed by atoms with Crippen molar-refractivity contribution in [1.82, 2.24) is 5.32 Å². The van der Waals surface area contributed by atoms with Crippen LogP contribution in [-0.4, -0.2) is 30.4 Å². The molecule has 156 valence electrons. The Labute approximate surface area is 182 Å². The molecule has 2 rings (SSSR count). The summed E-state index contributed by atoms with van der Waals surface area (Å²) in [6, 6.07) is 12.2. The molecule has 0 aromatic heterocycles. The van der Waals surface area contributed by atoms with Crippen molar-refractivity contribution in [3.8, 4) is 0 Å². The third kappa shape index (κ3) is 7.81. The van der Waals surface area contributed by atoms with Crippen LogP contribution in [0.1, 0.15) is 48.7 Å². The van der Waals surface area contributed by atoms with E-state index in [-0.39, 0.29) is 21.2 Å². The summed E-state index contributed by atoms with van der Waals surface area (Å²) in [6.45, 7) is 6.85. The van der Waals surface area contributed by atoms with Crippen molar-refractivity contribution in [3.05, 3.63) is 69.2 Å². The number of amides is 1. The number of aryl methyl sites for hydroxylation is 1. The molecule has 0 aliphatic rings. The zero-order valence-electron chi connectivity index (χ0n) is 17.0. The van der Waals surface area contributed by atoms with Crippen LogP contribution < -0.4 is 5.32 Å². The summed E-state index contributed by atoms with van der Waals surface area (Å²) in [7, 11) is 0.